The van der Waals surface area contributed by atoms with Crippen LogP contribution < -0.4 is 0 Å². The van der Waals surface area contributed by atoms with E-state index in [0.29, 0.717) is 0 Å². The van der Waals surface area contributed by atoms with Crippen LogP contribution in [0.5, 0.6) is 0 Å². The molecule has 0 amide bonds. The number of hydrogen-bond donors (Lipinski definition) is 0. The molecular weight excluding hydrogens is 468 g/mol. The van der Waals surface area contributed by atoms with Crippen LogP contribution in [-0.4, -0.2) is 0 Å². The molecule has 0 aliphatic heterocycles. The van der Waals surface area contributed by atoms with Crippen LogP contribution in [0.3, 0.4) is 0 Å². The summed E-state index contributed by atoms with van der Waals surface area (Å²) in [6.45, 7) is 14.0. The lowest BCUT2D eigenvalue weighted by Gasteiger charge is -2.20. The fraction of sp³-hybridized carbons (Fsp3) is 0.692. The van der Waals surface area contributed by atoms with E-state index in [0.717, 1.165) is 0 Å². The minimum Gasteiger partial charge on any atom is -0.0654 e. The van der Waals surface area contributed by atoms with Gasteiger partial charge < -0.3 is 0 Å². The normalized spacial score (nSPS) is 11.4. The van der Waals surface area contributed by atoms with Crippen molar-refractivity contribution in [1.29, 1.82) is 0 Å². The third-order valence-corrected chi connectivity index (χ3v) is 8.68. The van der Waals surface area contributed by atoms with Crippen LogP contribution in [0.2, 0.25) is 0 Å². The first-order valence-corrected chi connectivity index (χ1v) is 17.4. The van der Waals surface area contributed by atoms with E-state index in [1.165, 1.54) is 135 Å². The minimum atomic E-state index is 1.24. The van der Waals surface area contributed by atoms with E-state index in [-0.39, 0.29) is 0 Å². The third kappa shape index (κ3) is 11.8. The molecule has 0 atom stereocenters. The van der Waals surface area contributed by atoms with Crippen LogP contribution in [-0.2, 0) is 51.4 Å². The molecule has 0 nitrogen and oxygen atoms in total. The molecule has 39 heavy (non-hydrogen) atoms. The first-order valence-electron chi connectivity index (χ1n) is 17.4. The van der Waals surface area contributed by atoms with Crippen LogP contribution in [0.4, 0.5) is 0 Å². The van der Waals surface area contributed by atoms with Crippen molar-refractivity contribution < 1.29 is 0 Å². The molecule has 0 heterocycles. The van der Waals surface area contributed by atoms with Crippen LogP contribution >= 0.6 is 0 Å². The summed E-state index contributed by atoms with van der Waals surface area (Å²) in [5.74, 6) is 0. The lowest BCUT2D eigenvalue weighted by Crippen LogP contribution is -2.07. The predicted octanol–water partition coefficient (Wildman–Crippen LogP) is 11.9. The van der Waals surface area contributed by atoms with Crippen molar-refractivity contribution in [2.75, 3.05) is 0 Å². The van der Waals surface area contributed by atoms with Crippen LogP contribution in [0, 0.1) is 0 Å². The minimum absolute atomic E-state index is 1.24. The summed E-state index contributed by atoms with van der Waals surface area (Å²) in [7, 11) is 0. The Morgan fingerprint density at radius 1 is 0.308 bits per heavy atom. The molecular formula is C39H64. The summed E-state index contributed by atoms with van der Waals surface area (Å²) in [5, 5.41) is 0. The quantitative estimate of drug-likeness (QED) is 0.141. The van der Waals surface area contributed by atoms with Gasteiger partial charge in [0.2, 0.25) is 0 Å². The fourth-order valence-corrected chi connectivity index (χ4v) is 6.24. The molecule has 2 aromatic rings. The second kappa shape index (κ2) is 20.3. The monoisotopic (exact) mass is 533 g/mol. The Bertz CT molecular complexity index is 843. The first-order chi connectivity index (χ1) is 19.1. The summed E-state index contributed by atoms with van der Waals surface area (Å²) >= 11 is 0. The van der Waals surface area contributed by atoms with Gasteiger partial charge in [0, 0.05) is 0 Å². The maximum Gasteiger partial charge on any atom is -0.0273 e. The Kier molecular flexibility index (Phi) is 17.5. The van der Waals surface area contributed by atoms with E-state index in [1.807, 2.05) is 0 Å². The van der Waals surface area contributed by atoms with E-state index in [4.69, 9.17) is 0 Å². The molecule has 0 spiro atoms. The zero-order valence-corrected chi connectivity index (χ0v) is 27.2. The lowest BCUT2D eigenvalue weighted by atomic mass is 9.86. The van der Waals surface area contributed by atoms with Gasteiger partial charge in [0.15, 0.2) is 0 Å². The van der Waals surface area contributed by atoms with Gasteiger partial charge in [0.1, 0.15) is 0 Å². The van der Waals surface area contributed by atoms with Gasteiger partial charge in [0.25, 0.3) is 0 Å². The van der Waals surface area contributed by atoms with Gasteiger partial charge in [-0.2, -0.15) is 0 Å². The second-order valence-electron chi connectivity index (χ2n) is 12.3. The highest BCUT2D eigenvalue weighted by Crippen LogP contribution is 2.28. The van der Waals surface area contributed by atoms with Gasteiger partial charge >= 0.3 is 0 Å². The highest BCUT2D eigenvalue weighted by atomic mass is 14.2. The number of rotatable bonds is 22. The zero-order chi connectivity index (χ0) is 28.3. The van der Waals surface area contributed by atoms with Crippen molar-refractivity contribution in [1.82, 2.24) is 0 Å². The van der Waals surface area contributed by atoms with E-state index in [1.54, 1.807) is 44.5 Å². The van der Waals surface area contributed by atoms with Gasteiger partial charge in [-0.1, -0.05) is 104 Å². The van der Waals surface area contributed by atoms with Gasteiger partial charge in [-0.3, -0.25) is 0 Å². The van der Waals surface area contributed by atoms with Gasteiger partial charge in [-0.25, -0.2) is 0 Å². The molecule has 0 fully saturated rings. The molecule has 0 heteroatoms. The van der Waals surface area contributed by atoms with Crippen molar-refractivity contribution >= 4 is 0 Å². The molecule has 2 aromatic carbocycles. The van der Waals surface area contributed by atoms with Crippen LogP contribution in [0.15, 0.2) is 24.3 Å². The number of benzene rings is 2. The van der Waals surface area contributed by atoms with E-state index < -0.39 is 0 Å². The Labute approximate surface area is 244 Å². The molecule has 0 bridgehead atoms. The molecule has 220 valence electrons. The SMILES string of the molecule is CCCCc1cc(CCCC)c(CCCC)c(CCCc2cc(CCCC)cc(CCCC)c2CCCC)c1. The zero-order valence-electron chi connectivity index (χ0n) is 27.2. The number of hydrogen-bond acceptors (Lipinski definition) is 0. The molecule has 0 unspecified atom stereocenters. The van der Waals surface area contributed by atoms with Crippen molar-refractivity contribution in [2.45, 2.75) is 176 Å². The first kappa shape index (κ1) is 33.6. The smallest absolute Gasteiger partial charge is 0.0273 e. The van der Waals surface area contributed by atoms with E-state index >= 15 is 0 Å². The standard InChI is InChI=1S/C39H64/c1-7-13-20-32-28-34(22-15-9-3)38(26-17-11-5)36(30-32)24-19-25-37-31-33(21-14-8-2)29-35(23-16-10-4)39(37)27-18-12-6/h28-31H,7-27H2,1-6H3. The molecule has 0 N–H and O–H groups in total. The van der Waals surface area contributed by atoms with Crippen molar-refractivity contribution in [3.05, 3.63) is 68.8 Å². The highest BCUT2D eigenvalue weighted by Gasteiger charge is 2.14. The van der Waals surface area contributed by atoms with E-state index in [2.05, 4.69) is 65.8 Å². The summed E-state index contributed by atoms with van der Waals surface area (Å²) in [6.07, 6.45) is 27.0. The Balaban J connectivity index is 2.37. The summed E-state index contributed by atoms with van der Waals surface area (Å²) in [6, 6.07) is 10.4. The summed E-state index contributed by atoms with van der Waals surface area (Å²) in [4.78, 5) is 0. The number of aryl methyl sites for hydroxylation is 6. The summed E-state index contributed by atoms with van der Waals surface area (Å²) < 4.78 is 0. The van der Waals surface area contributed by atoms with Crippen molar-refractivity contribution in [3.8, 4) is 0 Å². The van der Waals surface area contributed by atoms with Gasteiger partial charge in [0.05, 0.1) is 0 Å². The molecule has 0 aromatic heterocycles. The number of unbranched alkanes of at least 4 members (excludes halogenated alkanes) is 6. The lowest BCUT2D eigenvalue weighted by molar-refractivity contribution is 0.720. The van der Waals surface area contributed by atoms with E-state index in [9.17, 15) is 0 Å². The summed E-state index contributed by atoms with van der Waals surface area (Å²) in [5.41, 5.74) is 13.4. The Hall–Kier alpha value is -1.56. The third-order valence-electron chi connectivity index (χ3n) is 8.68. The highest BCUT2D eigenvalue weighted by molar-refractivity contribution is 5.42. The average molecular weight is 533 g/mol. The van der Waals surface area contributed by atoms with Gasteiger partial charge in [-0.05, 0) is 141 Å². The van der Waals surface area contributed by atoms with Gasteiger partial charge in [-0.15, -0.1) is 0 Å². The Morgan fingerprint density at radius 2 is 0.564 bits per heavy atom. The molecule has 0 saturated carbocycles. The molecule has 0 aliphatic carbocycles. The topological polar surface area (TPSA) is 0 Å². The van der Waals surface area contributed by atoms with Crippen molar-refractivity contribution in [2.24, 2.45) is 0 Å². The Morgan fingerprint density at radius 3 is 0.872 bits per heavy atom. The maximum absolute atomic E-state index is 2.62. The average Bonchev–Trinajstić information content (AvgIpc) is 2.95. The molecule has 2 rings (SSSR count). The maximum atomic E-state index is 2.62. The fourth-order valence-electron chi connectivity index (χ4n) is 6.24. The second-order valence-corrected chi connectivity index (χ2v) is 12.3. The van der Waals surface area contributed by atoms with Crippen molar-refractivity contribution in [3.63, 3.8) is 0 Å². The molecule has 0 saturated heterocycles. The molecule has 0 radical (unpaired) electrons. The molecule has 0 aliphatic rings. The predicted molar refractivity (Wildman–Crippen MR) is 177 cm³/mol. The largest absolute Gasteiger partial charge is 0.0654 e. The van der Waals surface area contributed by atoms with Crippen LogP contribution in [0.25, 0.3) is 0 Å². The van der Waals surface area contributed by atoms with Crippen LogP contribution in [0.1, 0.15) is 170 Å².